The van der Waals surface area contributed by atoms with Crippen molar-refractivity contribution >= 4 is 28.2 Å². The zero-order valence-electron chi connectivity index (χ0n) is 16.8. The molecule has 0 saturated heterocycles. The lowest BCUT2D eigenvalue weighted by Crippen LogP contribution is -2.36. The Hall–Kier alpha value is -2.50. The van der Waals surface area contributed by atoms with Gasteiger partial charge < -0.3 is 5.73 Å². The van der Waals surface area contributed by atoms with Crippen LogP contribution < -0.4 is 11.3 Å². The smallest absolute Gasteiger partial charge is 0.264 e. The lowest BCUT2D eigenvalue weighted by Gasteiger charge is -2.24. The minimum absolute atomic E-state index is 0.0724. The molecule has 1 aliphatic rings. The summed E-state index contributed by atoms with van der Waals surface area (Å²) in [6.07, 6.45) is -3.80. The summed E-state index contributed by atoms with van der Waals surface area (Å²) in [5.41, 5.74) is 4.66. The lowest BCUT2D eigenvalue weighted by molar-refractivity contribution is -0.132. The van der Waals surface area contributed by atoms with Gasteiger partial charge in [0.05, 0.1) is 24.7 Å². The van der Waals surface area contributed by atoms with Gasteiger partial charge in [0.15, 0.2) is 5.78 Å². The number of rotatable bonds is 1. The maximum atomic E-state index is 13.0. The van der Waals surface area contributed by atoms with E-state index in [1.54, 1.807) is 0 Å². The fourth-order valence-electron chi connectivity index (χ4n) is 2.40. The molecular weight excluding hydrogens is 270 g/mol. The number of hydrogen-bond donors (Lipinski definition) is 1. The monoisotopic (exact) mass is 291 g/mol. The summed E-state index contributed by atoms with van der Waals surface area (Å²) in [5, 5.41) is -0.163. The molecule has 1 aromatic carbocycles. The van der Waals surface area contributed by atoms with Crippen LogP contribution in [0.15, 0.2) is 23.0 Å². The average molecular weight is 291 g/mol. The maximum absolute atomic E-state index is 13.0. The third-order valence-electron chi connectivity index (χ3n) is 3.40. The van der Waals surface area contributed by atoms with Crippen LogP contribution in [0.1, 0.15) is 39.3 Å². The number of anilines is 1. The second-order valence-corrected chi connectivity index (χ2v) is 4.74. The number of benzene rings is 1. The topological polar surface area (TPSA) is 95.0 Å². The van der Waals surface area contributed by atoms with Gasteiger partial charge in [-0.25, -0.2) is 4.98 Å². The van der Waals surface area contributed by atoms with Crippen LogP contribution in [0.5, 0.6) is 0 Å². The van der Waals surface area contributed by atoms with Crippen molar-refractivity contribution in [2.24, 2.45) is 0 Å². The fraction of sp³-hybridized carbons (Fsp3) is 0.333. The van der Waals surface area contributed by atoms with Crippen LogP contribution in [0.3, 0.4) is 0 Å². The number of carbonyl (C=O) groups is 2. The van der Waals surface area contributed by atoms with Gasteiger partial charge in [-0.15, -0.1) is 0 Å². The summed E-state index contributed by atoms with van der Waals surface area (Å²) in [5.74, 6) is -2.40. The molecule has 0 amide bonds. The van der Waals surface area contributed by atoms with E-state index in [9.17, 15) is 14.4 Å². The summed E-state index contributed by atoms with van der Waals surface area (Å²) in [7, 11) is 0. The summed E-state index contributed by atoms with van der Waals surface area (Å²) in [6, 6.07) is 0.804. The van der Waals surface area contributed by atoms with Crippen molar-refractivity contribution < 1.29 is 17.8 Å². The third kappa shape index (κ3) is 2.12. The molecule has 2 N–H and O–H groups in total. The molecule has 0 spiro atoms. The van der Waals surface area contributed by atoms with E-state index < -0.39 is 55.1 Å². The quantitative estimate of drug-likeness (QED) is 0.628. The minimum Gasteiger partial charge on any atom is -0.398 e. The number of aryl methyl sites for hydroxylation is 1. The molecular formula is C15H15N3O3. The van der Waals surface area contributed by atoms with E-state index >= 15 is 0 Å². The van der Waals surface area contributed by atoms with Crippen molar-refractivity contribution in [1.82, 2.24) is 9.55 Å². The van der Waals surface area contributed by atoms with Crippen LogP contribution in [-0.4, -0.2) is 21.1 Å². The molecule has 0 bridgehead atoms. The normalized spacial score (nSPS) is 26.4. The number of nitrogens with two attached hydrogens (primary N) is 1. The Balaban J connectivity index is 2.38. The molecule has 1 atom stereocenters. The Bertz CT molecular complexity index is 1040. The van der Waals surface area contributed by atoms with E-state index in [2.05, 4.69) is 4.98 Å². The lowest BCUT2D eigenvalue weighted by atomic mass is 9.92. The van der Waals surface area contributed by atoms with Crippen LogP contribution >= 0.6 is 0 Å². The highest BCUT2D eigenvalue weighted by molar-refractivity contribution is 6.03. The fourth-order valence-corrected chi connectivity index (χ4v) is 2.40. The minimum atomic E-state index is -2.89. The maximum Gasteiger partial charge on any atom is 0.264 e. The molecule has 2 aromatic rings. The molecule has 0 aliphatic heterocycles. The second kappa shape index (κ2) is 4.80. The van der Waals surface area contributed by atoms with Crippen LogP contribution in [0.25, 0.3) is 10.9 Å². The number of ketones is 2. The first-order chi connectivity index (χ1) is 12.3. The first kappa shape index (κ1) is 8.07. The standard InChI is InChI=1S/C15H15N3O3/c1-8-17-11-4-2-3-10(16)14(11)15(21)18(8)12-6-5-9(19)7-13(12)20/h2-4,12H,5-7,16H2,1H3/i1D3,2D,5D2. The highest BCUT2D eigenvalue weighted by Gasteiger charge is 2.30. The van der Waals surface area contributed by atoms with Crippen LogP contribution in [0.2, 0.25) is 0 Å². The van der Waals surface area contributed by atoms with E-state index in [1.807, 2.05) is 0 Å². The number of aromatic nitrogens is 2. The second-order valence-electron chi connectivity index (χ2n) is 4.74. The van der Waals surface area contributed by atoms with Gasteiger partial charge >= 0.3 is 0 Å². The molecule has 0 radical (unpaired) electrons. The molecule has 6 nitrogen and oxygen atoms in total. The first-order valence-electron chi connectivity index (χ1n) is 9.22. The zero-order valence-corrected chi connectivity index (χ0v) is 10.8. The molecule has 1 unspecified atom stereocenters. The van der Waals surface area contributed by atoms with Crippen LogP contribution in [0.4, 0.5) is 5.69 Å². The number of hydrogen-bond acceptors (Lipinski definition) is 5. The van der Waals surface area contributed by atoms with Gasteiger partial charge in [0.2, 0.25) is 0 Å². The molecule has 108 valence electrons. The average Bonchev–Trinajstić information content (AvgIpc) is 2.49. The van der Waals surface area contributed by atoms with Crippen molar-refractivity contribution in [1.29, 1.82) is 0 Å². The Labute approximate surface area is 129 Å². The summed E-state index contributed by atoms with van der Waals surface area (Å²) >= 11 is 0. The van der Waals surface area contributed by atoms with Crippen LogP contribution in [-0.2, 0) is 9.59 Å². The van der Waals surface area contributed by atoms with Gasteiger partial charge in [-0.1, -0.05) is 6.04 Å². The van der Waals surface area contributed by atoms with Crippen molar-refractivity contribution in [3.8, 4) is 0 Å². The van der Waals surface area contributed by atoms with E-state index in [1.165, 1.54) is 12.1 Å². The van der Waals surface area contributed by atoms with Gasteiger partial charge in [-0.2, -0.15) is 0 Å². The Morgan fingerprint density at radius 3 is 3.05 bits per heavy atom. The largest absolute Gasteiger partial charge is 0.398 e. The van der Waals surface area contributed by atoms with Crippen molar-refractivity contribution in [3.05, 3.63) is 34.4 Å². The first-order valence-corrected chi connectivity index (χ1v) is 6.22. The van der Waals surface area contributed by atoms with E-state index in [0.29, 0.717) is 4.57 Å². The Kier molecular flexibility index (Phi) is 1.84. The van der Waals surface area contributed by atoms with Gasteiger partial charge in [0.1, 0.15) is 11.6 Å². The molecule has 1 heterocycles. The zero-order chi connectivity index (χ0) is 20.3. The van der Waals surface area contributed by atoms with E-state index in [4.69, 9.17) is 14.0 Å². The van der Waals surface area contributed by atoms with Crippen molar-refractivity contribution in [2.45, 2.75) is 32.1 Å². The predicted octanol–water partition coefficient (Wildman–Crippen LogP) is 1.15. The van der Waals surface area contributed by atoms with Gasteiger partial charge in [-0.3, -0.25) is 19.0 Å². The highest BCUT2D eigenvalue weighted by Crippen LogP contribution is 2.24. The number of nitrogen functional groups attached to an aromatic ring is 1. The van der Waals surface area contributed by atoms with Gasteiger partial charge in [-0.05, 0) is 25.4 Å². The molecule has 6 heteroatoms. The molecule has 21 heavy (non-hydrogen) atoms. The highest BCUT2D eigenvalue weighted by atomic mass is 16.2. The SMILES string of the molecule is [2H]c1cc(N)c2c(=O)n(C3CC([2H])([2H])C(=O)CC3=O)c(C([2H])([2H])[2H])nc2c1. The molecule has 3 rings (SSSR count). The Morgan fingerprint density at radius 1 is 1.48 bits per heavy atom. The summed E-state index contributed by atoms with van der Waals surface area (Å²) < 4.78 is 46.9. The Morgan fingerprint density at radius 2 is 2.29 bits per heavy atom. The number of Topliss-reactive ketones (excluding diaryl/α,β-unsaturated/α-hetero) is 2. The van der Waals surface area contributed by atoms with Gasteiger partial charge in [0.25, 0.3) is 5.56 Å². The van der Waals surface area contributed by atoms with E-state index in [0.717, 1.165) is 0 Å². The number of carbonyl (C=O) groups excluding carboxylic acids is 2. The third-order valence-corrected chi connectivity index (χ3v) is 3.40. The molecule has 1 aromatic heterocycles. The van der Waals surface area contributed by atoms with Gasteiger partial charge in [0, 0.05) is 18.9 Å². The molecule has 1 fully saturated rings. The van der Waals surface area contributed by atoms with Crippen molar-refractivity contribution in [2.75, 3.05) is 5.73 Å². The molecule has 1 saturated carbocycles. The van der Waals surface area contributed by atoms with Crippen molar-refractivity contribution in [3.63, 3.8) is 0 Å². The summed E-state index contributed by atoms with van der Waals surface area (Å²) in [6.45, 7) is -2.89. The van der Waals surface area contributed by atoms with E-state index in [-0.39, 0.29) is 22.6 Å². The number of fused-ring (bicyclic) bond motifs is 1. The van der Waals surface area contributed by atoms with Crippen LogP contribution in [0, 0.1) is 6.85 Å². The predicted molar refractivity (Wildman–Crippen MR) is 78.1 cm³/mol. The molecule has 1 aliphatic carbocycles. The number of nitrogens with zero attached hydrogens (tertiary/aromatic N) is 2. The summed E-state index contributed by atoms with van der Waals surface area (Å²) in [4.78, 5) is 41.1.